The van der Waals surface area contributed by atoms with Crippen molar-refractivity contribution in [1.29, 1.82) is 0 Å². The zero-order valence-corrected chi connectivity index (χ0v) is 15.5. The SMILES string of the molecule is CCc1sc2ncn([C@@H](C)Cn3cncn3)c(=O)c2c1-c1ccccc1. The summed E-state index contributed by atoms with van der Waals surface area (Å²) in [6, 6.07) is 10.0. The van der Waals surface area contributed by atoms with Crippen LogP contribution in [0.5, 0.6) is 0 Å². The number of hydrogen-bond donors (Lipinski definition) is 0. The van der Waals surface area contributed by atoms with Crippen LogP contribution < -0.4 is 5.56 Å². The molecule has 0 unspecified atom stereocenters. The molecule has 0 aliphatic rings. The Bertz CT molecular complexity index is 1080. The number of thiophene rings is 1. The number of aryl methyl sites for hydroxylation is 1. The number of nitrogens with zero attached hydrogens (tertiary/aromatic N) is 5. The number of aromatic nitrogens is 5. The second-order valence-electron chi connectivity index (χ2n) is 6.22. The molecule has 0 saturated carbocycles. The fourth-order valence-electron chi connectivity index (χ4n) is 3.21. The van der Waals surface area contributed by atoms with Gasteiger partial charge in [-0.25, -0.2) is 9.97 Å². The maximum absolute atomic E-state index is 13.3. The van der Waals surface area contributed by atoms with Crippen LogP contribution >= 0.6 is 11.3 Å². The van der Waals surface area contributed by atoms with Crippen LogP contribution in [0.3, 0.4) is 0 Å². The lowest BCUT2D eigenvalue weighted by molar-refractivity contribution is 0.425. The summed E-state index contributed by atoms with van der Waals surface area (Å²) in [5, 5.41) is 4.84. The number of fused-ring (bicyclic) bond motifs is 1. The molecule has 4 aromatic rings. The van der Waals surface area contributed by atoms with Crippen molar-refractivity contribution in [2.24, 2.45) is 0 Å². The first-order valence-corrected chi connectivity index (χ1v) is 9.41. The standard InChI is InChI=1S/C19H19N5OS/c1-3-15-16(14-7-5-4-6-8-14)17-18(26-15)21-12-24(19(17)25)13(2)9-23-11-20-10-22-23/h4-8,10-13H,3,9H2,1-2H3/t13-/m0/s1. The Balaban J connectivity index is 1.88. The van der Waals surface area contributed by atoms with Gasteiger partial charge in [-0.15, -0.1) is 11.3 Å². The van der Waals surface area contributed by atoms with Gasteiger partial charge in [-0.3, -0.25) is 14.0 Å². The van der Waals surface area contributed by atoms with Gasteiger partial charge < -0.3 is 0 Å². The van der Waals surface area contributed by atoms with Gasteiger partial charge in [0.05, 0.1) is 24.3 Å². The van der Waals surface area contributed by atoms with Crippen molar-refractivity contribution in [3.8, 4) is 11.1 Å². The van der Waals surface area contributed by atoms with Crippen LogP contribution in [-0.2, 0) is 13.0 Å². The minimum atomic E-state index is -0.0744. The van der Waals surface area contributed by atoms with Crippen molar-refractivity contribution < 1.29 is 0 Å². The third kappa shape index (κ3) is 2.84. The van der Waals surface area contributed by atoms with Gasteiger partial charge in [0.15, 0.2) is 0 Å². The van der Waals surface area contributed by atoms with E-state index >= 15 is 0 Å². The average molecular weight is 365 g/mol. The van der Waals surface area contributed by atoms with Gasteiger partial charge in [-0.1, -0.05) is 37.3 Å². The van der Waals surface area contributed by atoms with Gasteiger partial charge in [0.1, 0.15) is 17.5 Å². The van der Waals surface area contributed by atoms with Gasteiger partial charge in [-0.05, 0) is 18.9 Å². The van der Waals surface area contributed by atoms with E-state index in [9.17, 15) is 4.79 Å². The summed E-state index contributed by atoms with van der Waals surface area (Å²) in [4.78, 5) is 23.8. The van der Waals surface area contributed by atoms with Gasteiger partial charge in [0, 0.05) is 10.4 Å². The molecule has 3 heterocycles. The Hall–Kier alpha value is -2.80. The fraction of sp³-hybridized carbons (Fsp3) is 0.263. The molecule has 4 rings (SSSR count). The highest BCUT2D eigenvalue weighted by molar-refractivity contribution is 7.19. The smallest absolute Gasteiger partial charge is 0.263 e. The first-order valence-electron chi connectivity index (χ1n) is 8.59. The second kappa shape index (κ2) is 6.84. The Morgan fingerprint density at radius 2 is 2.00 bits per heavy atom. The van der Waals surface area contributed by atoms with Gasteiger partial charge in [-0.2, -0.15) is 5.10 Å². The highest BCUT2D eigenvalue weighted by Gasteiger charge is 2.19. The van der Waals surface area contributed by atoms with E-state index in [4.69, 9.17) is 0 Å². The van der Waals surface area contributed by atoms with Crippen molar-refractivity contribution >= 4 is 21.6 Å². The van der Waals surface area contributed by atoms with Crippen molar-refractivity contribution in [3.63, 3.8) is 0 Å². The minimum Gasteiger partial charge on any atom is -0.294 e. The summed E-state index contributed by atoms with van der Waals surface area (Å²) in [7, 11) is 0. The molecule has 6 nitrogen and oxygen atoms in total. The van der Waals surface area contributed by atoms with E-state index in [0.29, 0.717) is 11.9 Å². The molecule has 0 amide bonds. The molecule has 7 heteroatoms. The second-order valence-corrected chi connectivity index (χ2v) is 7.31. The lowest BCUT2D eigenvalue weighted by atomic mass is 10.0. The predicted octanol–water partition coefficient (Wildman–Crippen LogP) is 3.54. The molecule has 1 aromatic carbocycles. The quantitative estimate of drug-likeness (QED) is 0.543. The van der Waals surface area contributed by atoms with E-state index in [0.717, 1.165) is 22.4 Å². The van der Waals surface area contributed by atoms with Crippen LogP contribution in [0, 0.1) is 0 Å². The van der Waals surface area contributed by atoms with Crippen LogP contribution in [0.15, 0.2) is 54.1 Å². The Labute approximate surface area is 154 Å². The van der Waals surface area contributed by atoms with Crippen LogP contribution in [-0.4, -0.2) is 24.3 Å². The lowest BCUT2D eigenvalue weighted by Gasteiger charge is -2.14. The Kier molecular flexibility index (Phi) is 4.38. The molecular formula is C19H19N5OS. The van der Waals surface area contributed by atoms with E-state index in [1.54, 1.807) is 33.2 Å². The van der Waals surface area contributed by atoms with E-state index in [1.807, 2.05) is 25.1 Å². The molecule has 0 fully saturated rings. The number of benzene rings is 1. The molecule has 0 aliphatic heterocycles. The summed E-state index contributed by atoms with van der Waals surface area (Å²) in [6.07, 6.45) is 5.68. The van der Waals surface area contributed by atoms with E-state index in [1.165, 1.54) is 11.2 Å². The molecule has 1 atom stereocenters. The maximum atomic E-state index is 13.3. The molecular weight excluding hydrogens is 346 g/mol. The summed E-state index contributed by atoms with van der Waals surface area (Å²) < 4.78 is 3.42. The van der Waals surface area contributed by atoms with Gasteiger partial charge in [0.2, 0.25) is 0 Å². The molecule has 0 radical (unpaired) electrons. The molecule has 26 heavy (non-hydrogen) atoms. The Morgan fingerprint density at radius 1 is 1.19 bits per heavy atom. The molecule has 3 aromatic heterocycles. The average Bonchev–Trinajstić information content (AvgIpc) is 3.30. The Morgan fingerprint density at radius 3 is 2.69 bits per heavy atom. The first kappa shape index (κ1) is 16.7. The fourth-order valence-corrected chi connectivity index (χ4v) is 4.30. The van der Waals surface area contributed by atoms with Crippen molar-refractivity contribution in [2.45, 2.75) is 32.9 Å². The molecule has 0 bridgehead atoms. The van der Waals surface area contributed by atoms with Crippen LogP contribution in [0.4, 0.5) is 0 Å². The molecule has 0 spiro atoms. The number of rotatable bonds is 5. The molecule has 132 valence electrons. The van der Waals surface area contributed by atoms with E-state index in [-0.39, 0.29) is 11.6 Å². The summed E-state index contributed by atoms with van der Waals surface area (Å²) in [5.74, 6) is 0. The predicted molar refractivity (Wildman–Crippen MR) is 103 cm³/mol. The van der Waals surface area contributed by atoms with Gasteiger partial charge in [0.25, 0.3) is 5.56 Å². The largest absolute Gasteiger partial charge is 0.294 e. The van der Waals surface area contributed by atoms with Crippen molar-refractivity contribution in [3.05, 3.63) is 64.5 Å². The van der Waals surface area contributed by atoms with Crippen molar-refractivity contribution in [2.75, 3.05) is 0 Å². The highest BCUT2D eigenvalue weighted by atomic mass is 32.1. The van der Waals surface area contributed by atoms with Crippen LogP contribution in [0.2, 0.25) is 0 Å². The lowest BCUT2D eigenvalue weighted by Crippen LogP contribution is -2.26. The third-order valence-corrected chi connectivity index (χ3v) is 5.73. The third-order valence-electron chi connectivity index (χ3n) is 4.49. The van der Waals surface area contributed by atoms with Crippen molar-refractivity contribution in [1.82, 2.24) is 24.3 Å². The monoisotopic (exact) mass is 365 g/mol. The summed E-state index contributed by atoms with van der Waals surface area (Å²) >= 11 is 1.61. The summed E-state index contributed by atoms with van der Waals surface area (Å²) in [6.45, 7) is 4.67. The maximum Gasteiger partial charge on any atom is 0.263 e. The zero-order valence-electron chi connectivity index (χ0n) is 14.7. The first-order chi connectivity index (χ1) is 12.7. The van der Waals surface area contributed by atoms with Crippen LogP contribution in [0.1, 0.15) is 24.8 Å². The molecule has 0 aliphatic carbocycles. The minimum absolute atomic E-state index is 0.00239. The highest BCUT2D eigenvalue weighted by Crippen LogP contribution is 2.36. The van der Waals surface area contributed by atoms with E-state index < -0.39 is 0 Å². The van der Waals surface area contributed by atoms with Gasteiger partial charge >= 0.3 is 0 Å². The zero-order chi connectivity index (χ0) is 18.1. The number of hydrogen-bond acceptors (Lipinski definition) is 5. The molecule has 0 N–H and O–H groups in total. The van der Waals surface area contributed by atoms with E-state index in [2.05, 4.69) is 34.1 Å². The van der Waals surface area contributed by atoms with Crippen LogP contribution in [0.25, 0.3) is 21.3 Å². The topological polar surface area (TPSA) is 65.6 Å². The summed E-state index contributed by atoms with van der Waals surface area (Å²) in [5.41, 5.74) is 2.08. The molecule has 0 saturated heterocycles. The normalized spacial score (nSPS) is 12.5.